The highest BCUT2D eigenvalue weighted by Crippen LogP contribution is 2.12. The second-order valence-corrected chi connectivity index (χ2v) is 9.62. The second-order valence-electron chi connectivity index (χ2n) is 9.62. The van der Waals surface area contributed by atoms with Gasteiger partial charge in [-0.15, -0.1) is 0 Å². The van der Waals surface area contributed by atoms with Gasteiger partial charge < -0.3 is 26.4 Å². The van der Waals surface area contributed by atoms with Crippen LogP contribution in [0.4, 0.5) is 0 Å². The van der Waals surface area contributed by atoms with Gasteiger partial charge in [0, 0.05) is 12.3 Å². The Bertz CT molecular complexity index is 710. The Balaban J connectivity index is 5.70. The topological polar surface area (TPSA) is 157 Å². The maximum atomic E-state index is 13.1. The average Bonchev–Trinajstić information content (AvgIpc) is 2.73. The standard InChI is InChI=1S/C24H44N4O6/c1-9-15(7)12-19(29)34-16(8)20(24(33)27-18(21(25)30)11-13(3)4)28-23(32)17(10-2)26-22(31)14(5)6/h13-18,20H,9-12H2,1-8H3,(H2,25,30)(H,26,31)(H,27,33)(H,28,32)/t15-,16+,17-,18-,20-/m0/s1. The molecule has 0 spiro atoms. The molecule has 0 radical (unpaired) electrons. The lowest BCUT2D eigenvalue weighted by atomic mass is 10.0. The number of hydrogen-bond acceptors (Lipinski definition) is 6. The molecule has 0 unspecified atom stereocenters. The molecule has 0 fully saturated rings. The van der Waals surface area contributed by atoms with Crippen LogP contribution in [0.2, 0.25) is 0 Å². The van der Waals surface area contributed by atoms with Gasteiger partial charge in [0.25, 0.3) is 0 Å². The van der Waals surface area contributed by atoms with Crippen molar-refractivity contribution in [3.05, 3.63) is 0 Å². The van der Waals surface area contributed by atoms with E-state index in [2.05, 4.69) is 16.0 Å². The van der Waals surface area contributed by atoms with Crippen molar-refractivity contribution in [2.24, 2.45) is 23.5 Å². The first-order valence-corrected chi connectivity index (χ1v) is 12.1. The van der Waals surface area contributed by atoms with Crippen LogP contribution in [0.1, 0.15) is 81.1 Å². The molecule has 0 aliphatic heterocycles. The van der Waals surface area contributed by atoms with Gasteiger partial charge in [-0.1, -0.05) is 54.9 Å². The molecule has 0 saturated heterocycles. The van der Waals surface area contributed by atoms with Crippen LogP contribution in [0.3, 0.4) is 0 Å². The van der Waals surface area contributed by atoms with Gasteiger partial charge in [-0.25, -0.2) is 0 Å². The van der Waals surface area contributed by atoms with Gasteiger partial charge in [0.05, 0.1) is 0 Å². The Kier molecular flexibility index (Phi) is 14.1. The number of carbonyl (C=O) groups excluding carboxylic acids is 5. The van der Waals surface area contributed by atoms with Crippen LogP contribution >= 0.6 is 0 Å². The summed E-state index contributed by atoms with van der Waals surface area (Å²) in [4.78, 5) is 62.3. The fourth-order valence-electron chi connectivity index (χ4n) is 3.07. The molecular formula is C24H44N4O6. The van der Waals surface area contributed by atoms with Crippen molar-refractivity contribution in [3.63, 3.8) is 0 Å². The summed E-state index contributed by atoms with van der Waals surface area (Å²) >= 11 is 0. The van der Waals surface area contributed by atoms with E-state index in [-0.39, 0.29) is 36.5 Å². The van der Waals surface area contributed by atoms with Crippen molar-refractivity contribution in [2.45, 2.75) is 105 Å². The van der Waals surface area contributed by atoms with Crippen molar-refractivity contribution >= 4 is 29.6 Å². The zero-order chi connectivity index (χ0) is 26.6. The summed E-state index contributed by atoms with van der Waals surface area (Å²) in [6.07, 6.45) is 0.533. The van der Waals surface area contributed by atoms with Crippen molar-refractivity contribution in [2.75, 3.05) is 0 Å². The Morgan fingerprint density at radius 3 is 1.76 bits per heavy atom. The van der Waals surface area contributed by atoms with Gasteiger partial charge in [0.1, 0.15) is 24.2 Å². The summed E-state index contributed by atoms with van der Waals surface area (Å²) in [5.74, 6) is -2.95. The second kappa shape index (κ2) is 15.3. The number of esters is 1. The zero-order valence-electron chi connectivity index (χ0n) is 21.9. The van der Waals surface area contributed by atoms with E-state index in [1.165, 1.54) is 6.92 Å². The fourth-order valence-corrected chi connectivity index (χ4v) is 3.07. The quantitative estimate of drug-likeness (QED) is 0.257. The fraction of sp³-hybridized carbons (Fsp3) is 0.792. The molecular weight excluding hydrogens is 440 g/mol. The van der Waals surface area contributed by atoms with E-state index in [4.69, 9.17) is 10.5 Å². The summed E-state index contributed by atoms with van der Waals surface area (Å²) in [5.41, 5.74) is 5.44. The first-order chi connectivity index (χ1) is 15.7. The molecule has 196 valence electrons. The Morgan fingerprint density at radius 2 is 1.32 bits per heavy atom. The van der Waals surface area contributed by atoms with E-state index in [0.29, 0.717) is 6.42 Å². The van der Waals surface area contributed by atoms with E-state index >= 15 is 0 Å². The van der Waals surface area contributed by atoms with Crippen molar-refractivity contribution in [3.8, 4) is 0 Å². The molecule has 34 heavy (non-hydrogen) atoms. The molecule has 5 N–H and O–H groups in total. The van der Waals surface area contributed by atoms with E-state index in [9.17, 15) is 24.0 Å². The van der Waals surface area contributed by atoms with Crippen LogP contribution in [0.5, 0.6) is 0 Å². The molecule has 0 saturated carbocycles. The minimum absolute atomic E-state index is 0.0762. The first-order valence-electron chi connectivity index (χ1n) is 12.1. The Morgan fingerprint density at radius 1 is 0.765 bits per heavy atom. The number of amides is 4. The predicted molar refractivity (Wildman–Crippen MR) is 129 cm³/mol. The van der Waals surface area contributed by atoms with E-state index in [0.717, 1.165) is 6.42 Å². The van der Waals surface area contributed by atoms with Crippen LogP contribution < -0.4 is 21.7 Å². The Hall–Kier alpha value is -2.65. The van der Waals surface area contributed by atoms with E-state index in [1.54, 1.807) is 20.8 Å². The molecule has 10 nitrogen and oxygen atoms in total. The lowest BCUT2D eigenvalue weighted by Gasteiger charge is -2.28. The Labute approximate surface area is 203 Å². The van der Waals surface area contributed by atoms with Crippen molar-refractivity contribution < 1.29 is 28.7 Å². The molecule has 0 aliphatic rings. The smallest absolute Gasteiger partial charge is 0.306 e. The van der Waals surface area contributed by atoms with Crippen molar-refractivity contribution in [1.82, 2.24) is 16.0 Å². The lowest BCUT2D eigenvalue weighted by molar-refractivity contribution is -0.153. The monoisotopic (exact) mass is 484 g/mol. The van der Waals surface area contributed by atoms with Gasteiger partial charge >= 0.3 is 5.97 Å². The minimum atomic E-state index is -1.28. The number of carbonyl (C=O) groups is 5. The van der Waals surface area contributed by atoms with Gasteiger partial charge in [0.2, 0.25) is 23.6 Å². The number of nitrogens with two attached hydrogens (primary N) is 1. The minimum Gasteiger partial charge on any atom is -0.460 e. The highest BCUT2D eigenvalue weighted by Gasteiger charge is 2.34. The van der Waals surface area contributed by atoms with Gasteiger partial charge in [-0.05, 0) is 31.6 Å². The van der Waals surface area contributed by atoms with Crippen LogP contribution in [0, 0.1) is 17.8 Å². The molecule has 0 rings (SSSR count). The third-order valence-electron chi connectivity index (χ3n) is 5.51. The summed E-state index contributed by atoms with van der Waals surface area (Å²) in [6, 6.07) is -3.11. The van der Waals surface area contributed by atoms with Crippen LogP contribution in [0.25, 0.3) is 0 Å². The third-order valence-corrected chi connectivity index (χ3v) is 5.51. The highest BCUT2D eigenvalue weighted by molar-refractivity contribution is 5.94. The molecule has 10 heteroatoms. The van der Waals surface area contributed by atoms with Crippen LogP contribution in [-0.4, -0.2) is 53.8 Å². The SMILES string of the molecule is CC[C@H](C)CC(=O)O[C@H](C)[C@H](NC(=O)[C@H](CC)NC(=O)C(C)C)C(=O)N[C@@H](CC(C)C)C(N)=O. The van der Waals surface area contributed by atoms with Crippen molar-refractivity contribution in [1.29, 1.82) is 0 Å². The van der Waals surface area contributed by atoms with E-state index < -0.39 is 47.9 Å². The maximum absolute atomic E-state index is 13.1. The number of hydrogen-bond donors (Lipinski definition) is 4. The highest BCUT2D eigenvalue weighted by atomic mass is 16.5. The summed E-state index contributed by atoms with van der Waals surface area (Å²) < 4.78 is 5.44. The van der Waals surface area contributed by atoms with Crippen LogP contribution in [-0.2, 0) is 28.7 Å². The normalized spacial score (nSPS) is 15.6. The number of rotatable bonds is 15. The average molecular weight is 485 g/mol. The molecule has 0 aromatic carbocycles. The third kappa shape index (κ3) is 11.5. The molecule has 0 bridgehead atoms. The molecule has 4 amide bonds. The molecule has 0 aromatic heterocycles. The first kappa shape index (κ1) is 31.4. The molecule has 0 aliphatic carbocycles. The maximum Gasteiger partial charge on any atom is 0.306 e. The summed E-state index contributed by atoms with van der Waals surface area (Å²) in [6.45, 7) is 14.2. The van der Waals surface area contributed by atoms with Gasteiger partial charge in [-0.3, -0.25) is 24.0 Å². The van der Waals surface area contributed by atoms with Crippen LogP contribution in [0.15, 0.2) is 0 Å². The summed E-state index contributed by atoms with van der Waals surface area (Å²) in [7, 11) is 0. The largest absolute Gasteiger partial charge is 0.460 e. The van der Waals surface area contributed by atoms with Gasteiger partial charge in [-0.2, -0.15) is 0 Å². The lowest BCUT2D eigenvalue weighted by Crippen LogP contribution is -2.60. The molecule has 5 atom stereocenters. The number of primary amides is 1. The summed E-state index contributed by atoms with van der Waals surface area (Å²) in [5, 5.41) is 7.80. The van der Waals surface area contributed by atoms with E-state index in [1.807, 2.05) is 27.7 Å². The number of ether oxygens (including phenoxy) is 1. The molecule has 0 aromatic rings. The molecule has 0 heterocycles. The zero-order valence-corrected chi connectivity index (χ0v) is 21.9. The number of nitrogens with one attached hydrogen (secondary N) is 3. The predicted octanol–water partition coefficient (Wildman–Crippen LogP) is 1.41. The van der Waals surface area contributed by atoms with Gasteiger partial charge in [0.15, 0.2) is 0 Å².